The molecule has 31 heavy (non-hydrogen) atoms. The Morgan fingerprint density at radius 2 is 2.10 bits per heavy atom. The average molecular weight is 415 g/mol. The Kier molecular flexibility index (Phi) is 6.69. The number of carbonyl (C=O) groups excluding carboxylic acids is 1. The topological polar surface area (TPSA) is 63.1 Å². The lowest BCUT2D eigenvalue weighted by Crippen LogP contribution is -2.43. The van der Waals surface area contributed by atoms with E-state index in [1.54, 1.807) is 0 Å². The molecule has 0 spiro atoms. The molecule has 2 heterocycles. The molecule has 1 fully saturated rings. The molecule has 1 aliphatic heterocycles. The number of aromatic amines is 1. The van der Waals surface area contributed by atoms with Crippen molar-refractivity contribution in [3.8, 4) is 6.07 Å². The monoisotopic (exact) mass is 414 g/mol. The van der Waals surface area contributed by atoms with Crippen LogP contribution in [0.5, 0.6) is 0 Å². The van der Waals surface area contributed by atoms with E-state index in [2.05, 4.69) is 28.9 Å². The molecule has 4 rings (SSSR count). The predicted molar refractivity (Wildman–Crippen MR) is 124 cm³/mol. The minimum absolute atomic E-state index is 0.0872. The lowest BCUT2D eigenvalue weighted by molar-refractivity contribution is 0.0686. The first-order valence-corrected chi connectivity index (χ1v) is 11.2. The Bertz CT molecular complexity index is 1050. The molecule has 1 atom stereocenters. The fourth-order valence-corrected chi connectivity index (χ4v) is 4.61. The van der Waals surface area contributed by atoms with E-state index >= 15 is 0 Å². The zero-order valence-electron chi connectivity index (χ0n) is 18.2. The first-order valence-electron chi connectivity index (χ1n) is 11.2. The molecule has 1 aliphatic rings. The normalized spacial score (nSPS) is 16.8. The van der Waals surface area contributed by atoms with E-state index < -0.39 is 0 Å². The summed E-state index contributed by atoms with van der Waals surface area (Å²) >= 11 is 0. The van der Waals surface area contributed by atoms with E-state index in [0.717, 1.165) is 55.5 Å². The molecule has 1 aromatic heterocycles. The van der Waals surface area contributed by atoms with Crippen molar-refractivity contribution in [2.75, 3.05) is 32.7 Å². The van der Waals surface area contributed by atoms with Crippen LogP contribution in [0, 0.1) is 17.2 Å². The Morgan fingerprint density at radius 1 is 1.23 bits per heavy atom. The van der Waals surface area contributed by atoms with Gasteiger partial charge in [0.25, 0.3) is 5.91 Å². The van der Waals surface area contributed by atoms with Gasteiger partial charge in [0.15, 0.2) is 0 Å². The summed E-state index contributed by atoms with van der Waals surface area (Å²) in [5.74, 6) is 0.580. The number of nitriles is 1. The summed E-state index contributed by atoms with van der Waals surface area (Å²) in [5, 5.41) is 10.2. The molecule has 1 saturated heterocycles. The summed E-state index contributed by atoms with van der Waals surface area (Å²) in [6.07, 6.45) is 3.28. The van der Waals surface area contributed by atoms with Crippen molar-refractivity contribution in [3.63, 3.8) is 0 Å². The van der Waals surface area contributed by atoms with E-state index in [1.807, 2.05) is 53.4 Å². The number of benzene rings is 2. The third-order valence-electron chi connectivity index (χ3n) is 6.28. The largest absolute Gasteiger partial charge is 0.351 e. The highest BCUT2D eigenvalue weighted by Gasteiger charge is 2.25. The minimum atomic E-state index is 0.0872. The highest BCUT2D eigenvalue weighted by atomic mass is 16.2. The Morgan fingerprint density at radius 3 is 2.90 bits per heavy atom. The molecule has 1 N–H and O–H groups in total. The van der Waals surface area contributed by atoms with Crippen LogP contribution >= 0.6 is 0 Å². The van der Waals surface area contributed by atoms with Gasteiger partial charge in [-0.25, -0.2) is 0 Å². The van der Waals surface area contributed by atoms with Crippen LogP contribution in [-0.2, 0) is 6.42 Å². The number of nitrogens with zero attached hydrogens (tertiary/aromatic N) is 3. The van der Waals surface area contributed by atoms with Gasteiger partial charge < -0.3 is 14.8 Å². The molecule has 160 valence electrons. The summed E-state index contributed by atoms with van der Waals surface area (Å²) in [4.78, 5) is 20.9. The van der Waals surface area contributed by atoms with Crippen LogP contribution in [0.3, 0.4) is 0 Å². The van der Waals surface area contributed by atoms with Crippen LogP contribution in [0.1, 0.15) is 41.4 Å². The minimum Gasteiger partial charge on any atom is -0.351 e. The molecule has 0 saturated carbocycles. The first-order chi connectivity index (χ1) is 15.2. The van der Waals surface area contributed by atoms with Gasteiger partial charge in [0.2, 0.25) is 0 Å². The van der Waals surface area contributed by atoms with Gasteiger partial charge in [-0.1, -0.05) is 30.3 Å². The van der Waals surface area contributed by atoms with E-state index in [1.165, 1.54) is 12.0 Å². The number of hydrogen-bond donors (Lipinski definition) is 1. The van der Waals surface area contributed by atoms with Crippen molar-refractivity contribution >= 4 is 16.8 Å². The number of piperidine rings is 1. The molecule has 5 heteroatoms. The van der Waals surface area contributed by atoms with Crippen LogP contribution < -0.4 is 0 Å². The molecule has 1 amide bonds. The van der Waals surface area contributed by atoms with Crippen molar-refractivity contribution in [2.45, 2.75) is 26.2 Å². The molecule has 3 aromatic rings. The predicted octanol–water partition coefficient (Wildman–Crippen LogP) is 4.46. The molecular weight excluding hydrogens is 384 g/mol. The lowest BCUT2D eigenvalue weighted by atomic mass is 9.96. The van der Waals surface area contributed by atoms with Crippen molar-refractivity contribution in [2.24, 2.45) is 5.92 Å². The number of rotatable bonds is 7. The fraction of sp³-hybridized carbons (Fsp3) is 0.385. The lowest BCUT2D eigenvalue weighted by Gasteiger charge is -2.35. The van der Waals surface area contributed by atoms with E-state index in [0.29, 0.717) is 18.2 Å². The van der Waals surface area contributed by atoms with Crippen molar-refractivity contribution in [1.29, 1.82) is 5.26 Å². The van der Waals surface area contributed by atoms with Crippen molar-refractivity contribution in [3.05, 3.63) is 71.4 Å². The zero-order chi connectivity index (χ0) is 21.6. The second-order valence-electron chi connectivity index (χ2n) is 8.49. The molecule has 0 bridgehead atoms. The number of fused-ring (bicyclic) bond motifs is 1. The van der Waals surface area contributed by atoms with Gasteiger partial charge in [0, 0.05) is 37.1 Å². The number of amides is 1. The summed E-state index contributed by atoms with van der Waals surface area (Å²) < 4.78 is 0. The van der Waals surface area contributed by atoms with Crippen LogP contribution in [0.25, 0.3) is 10.9 Å². The maximum absolute atomic E-state index is 13.1. The highest BCUT2D eigenvalue weighted by Crippen LogP contribution is 2.21. The SMILES string of the molecule is CCN(CC1CCCN(CCc2cccc(C#N)c2)C1)C(=O)c1cc2ccccc2[nH]1. The van der Waals surface area contributed by atoms with E-state index in [9.17, 15) is 4.79 Å². The van der Waals surface area contributed by atoms with Gasteiger partial charge in [-0.2, -0.15) is 5.26 Å². The number of carbonyl (C=O) groups is 1. The third-order valence-corrected chi connectivity index (χ3v) is 6.28. The van der Waals surface area contributed by atoms with Gasteiger partial charge >= 0.3 is 0 Å². The summed E-state index contributed by atoms with van der Waals surface area (Å²) in [7, 11) is 0. The maximum Gasteiger partial charge on any atom is 0.270 e. The van der Waals surface area contributed by atoms with Gasteiger partial charge in [-0.05, 0) is 68.5 Å². The molecule has 5 nitrogen and oxygen atoms in total. The quantitative estimate of drug-likeness (QED) is 0.621. The second kappa shape index (κ2) is 9.80. The maximum atomic E-state index is 13.1. The standard InChI is InChI=1S/C26H30N4O/c1-2-30(26(31)25-16-23-10-3-4-11-24(23)28-25)19-22-9-6-13-29(18-22)14-12-20-7-5-8-21(15-20)17-27/h3-5,7-8,10-11,15-16,22,28H,2,6,9,12-14,18-19H2,1H3. The zero-order valence-corrected chi connectivity index (χ0v) is 18.2. The Labute approximate surface area is 184 Å². The number of aromatic nitrogens is 1. The van der Waals surface area contributed by atoms with Crippen LogP contribution in [-0.4, -0.2) is 53.4 Å². The third kappa shape index (κ3) is 5.15. The van der Waals surface area contributed by atoms with Crippen molar-refractivity contribution < 1.29 is 4.79 Å². The first kappa shape index (κ1) is 21.1. The molecule has 0 radical (unpaired) electrons. The van der Waals surface area contributed by atoms with Gasteiger partial charge in [-0.3, -0.25) is 4.79 Å². The molecule has 1 unspecified atom stereocenters. The smallest absolute Gasteiger partial charge is 0.270 e. The Balaban J connectivity index is 1.34. The van der Waals surface area contributed by atoms with Gasteiger partial charge in [0.1, 0.15) is 5.69 Å². The van der Waals surface area contributed by atoms with E-state index in [-0.39, 0.29) is 5.91 Å². The van der Waals surface area contributed by atoms with E-state index in [4.69, 9.17) is 5.26 Å². The van der Waals surface area contributed by atoms with Crippen molar-refractivity contribution in [1.82, 2.24) is 14.8 Å². The number of H-pyrrole nitrogens is 1. The number of nitrogens with one attached hydrogen (secondary N) is 1. The Hall–Kier alpha value is -3.10. The summed E-state index contributed by atoms with van der Waals surface area (Å²) in [6, 6.07) is 20.1. The van der Waals surface area contributed by atoms with Gasteiger partial charge in [0.05, 0.1) is 11.6 Å². The molecule has 2 aromatic carbocycles. The number of hydrogen-bond acceptors (Lipinski definition) is 3. The van der Waals surface area contributed by atoms with Crippen LogP contribution in [0.15, 0.2) is 54.6 Å². The molecule has 0 aliphatic carbocycles. The van der Waals surface area contributed by atoms with Crippen LogP contribution in [0.4, 0.5) is 0 Å². The average Bonchev–Trinajstić information content (AvgIpc) is 3.25. The highest BCUT2D eigenvalue weighted by molar-refractivity contribution is 5.98. The molecular formula is C26H30N4O. The summed E-state index contributed by atoms with van der Waals surface area (Å²) in [6.45, 7) is 6.69. The number of para-hydroxylation sites is 1. The fourth-order valence-electron chi connectivity index (χ4n) is 4.61. The summed E-state index contributed by atoms with van der Waals surface area (Å²) in [5.41, 5.74) is 3.62. The second-order valence-corrected chi connectivity index (χ2v) is 8.49. The van der Waals surface area contributed by atoms with Gasteiger partial charge in [-0.15, -0.1) is 0 Å². The van der Waals surface area contributed by atoms with Crippen LogP contribution in [0.2, 0.25) is 0 Å². The number of likely N-dealkylation sites (tertiary alicyclic amines) is 1.